The Labute approximate surface area is 114 Å². The fourth-order valence-corrected chi connectivity index (χ4v) is 3.26. The first-order chi connectivity index (χ1) is 9.22. The minimum atomic E-state index is -0.123. The molecule has 3 rings (SSSR count). The maximum Gasteiger partial charge on any atom is 0.123 e. The van der Waals surface area contributed by atoms with Crippen LogP contribution in [0.5, 0.6) is 0 Å². The first-order valence-corrected chi connectivity index (χ1v) is 7.35. The van der Waals surface area contributed by atoms with Crippen LogP contribution in [0.1, 0.15) is 44.1 Å². The van der Waals surface area contributed by atoms with Crippen LogP contribution in [0.25, 0.3) is 0 Å². The van der Waals surface area contributed by atoms with E-state index >= 15 is 0 Å². The molecule has 0 spiro atoms. The van der Waals surface area contributed by atoms with Crippen LogP contribution in [0.15, 0.2) is 24.3 Å². The molecule has 2 nitrogen and oxygen atoms in total. The van der Waals surface area contributed by atoms with Crippen molar-refractivity contribution in [3.8, 4) is 0 Å². The molecule has 1 aromatic rings. The second-order valence-electron chi connectivity index (χ2n) is 5.93. The lowest BCUT2D eigenvalue weighted by atomic mass is 9.75. The number of benzene rings is 1. The Morgan fingerprint density at radius 1 is 1.37 bits per heavy atom. The summed E-state index contributed by atoms with van der Waals surface area (Å²) in [5, 5.41) is 3.65. The van der Waals surface area contributed by atoms with E-state index in [-0.39, 0.29) is 5.82 Å². The maximum absolute atomic E-state index is 13.2. The molecule has 1 aromatic carbocycles. The SMILES string of the molecule is CC(NC1CC(c2cccc(F)c2)C1)C1CCCO1. The van der Waals surface area contributed by atoms with Gasteiger partial charge in [0.1, 0.15) is 5.82 Å². The molecule has 0 amide bonds. The molecule has 2 atom stereocenters. The lowest BCUT2D eigenvalue weighted by Crippen LogP contribution is -2.48. The molecule has 3 heteroatoms. The van der Waals surface area contributed by atoms with Gasteiger partial charge in [-0.25, -0.2) is 4.39 Å². The highest BCUT2D eigenvalue weighted by Crippen LogP contribution is 2.37. The van der Waals surface area contributed by atoms with Crippen LogP contribution >= 0.6 is 0 Å². The van der Waals surface area contributed by atoms with E-state index in [1.54, 1.807) is 12.1 Å². The van der Waals surface area contributed by atoms with E-state index in [2.05, 4.69) is 12.2 Å². The van der Waals surface area contributed by atoms with E-state index in [1.165, 1.54) is 18.9 Å². The molecule has 1 aliphatic heterocycles. The largest absolute Gasteiger partial charge is 0.377 e. The zero-order valence-electron chi connectivity index (χ0n) is 11.4. The molecule has 1 heterocycles. The summed E-state index contributed by atoms with van der Waals surface area (Å²) >= 11 is 0. The van der Waals surface area contributed by atoms with E-state index in [4.69, 9.17) is 4.74 Å². The van der Waals surface area contributed by atoms with Gasteiger partial charge in [0.2, 0.25) is 0 Å². The third-order valence-corrected chi connectivity index (χ3v) is 4.48. The Morgan fingerprint density at radius 3 is 2.89 bits per heavy atom. The molecule has 2 unspecified atom stereocenters. The van der Waals surface area contributed by atoms with Gasteiger partial charge in [0, 0.05) is 18.7 Å². The Kier molecular flexibility index (Phi) is 3.85. The Bertz CT molecular complexity index is 425. The lowest BCUT2D eigenvalue weighted by molar-refractivity contribution is 0.0731. The van der Waals surface area contributed by atoms with Gasteiger partial charge in [0.15, 0.2) is 0 Å². The van der Waals surface area contributed by atoms with Crippen LogP contribution in [0, 0.1) is 5.82 Å². The molecular weight excluding hydrogens is 241 g/mol. The molecule has 19 heavy (non-hydrogen) atoms. The van der Waals surface area contributed by atoms with Crippen LogP contribution in [0.4, 0.5) is 4.39 Å². The van der Waals surface area contributed by atoms with Crippen molar-refractivity contribution < 1.29 is 9.13 Å². The quantitative estimate of drug-likeness (QED) is 0.900. The van der Waals surface area contributed by atoms with Gasteiger partial charge in [0.05, 0.1) is 6.10 Å². The molecule has 0 radical (unpaired) electrons. The summed E-state index contributed by atoms with van der Waals surface area (Å²) < 4.78 is 18.9. The normalized spacial score (nSPS) is 32.0. The first-order valence-electron chi connectivity index (χ1n) is 7.35. The molecule has 1 saturated carbocycles. The average Bonchev–Trinajstić information content (AvgIpc) is 2.86. The van der Waals surface area contributed by atoms with Gasteiger partial charge in [-0.1, -0.05) is 12.1 Å². The van der Waals surface area contributed by atoms with E-state index in [1.807, 2.05) is 6.07 Å². The summed E-state index contributed by atoms with van der Waals surface area (Å²) in [7, 11) is 0. The highest BCUT2D eigenvalue weighted by atomic mass is 19.1. The second-order valence-corrected chi connectivity index (χ2v) is 5.93. The van der Waals surface area contributed by atoms with E-state index in [0.29, 0.717) is 24.1 Å². The summed E-state index contributed by atoms with van der Waals surface area (Å²) in [6.07, 6.45) is 4.97. The zero-order valence-corrected chi connectivity index (χ0v) is 11.4. The van der Waals surface area contributed by atoms with Gasteiger partial charge in [-0.05, 0) is 56.2 Å². The predicted molar refractivity (Wildman–Crippen MR) is 73.7 cm³/mol. The van der Waals surface area contributed by atoms with Crippen LogP contribution in [-0.2, 0) is 4.74 Å². The van der Waals surface area contributed by atoms with E-state index in [9.17, 15) is 4.39 Å². The Hall–Kier alpha value is -0.930. The number of nitrogens with one attached hydrogen (secondary N) is 1. The summed E-state index contributed by atoms with van der Waals surface area (Å²) in [6.45, 7) is 3.12. The van der Waals surface area contributed by atoms with Gasteiger partial charge >= 0.3 is 0 Å². The molecule has 2 aliphatic rings. The topological polar surface area (TPSA) is 21.3 Å². The van der Waals surface area contributed by atoms with Crippen molar-refractivity contribution in [2.75, 3.05) is 6.61 Å². The summed E-state index contributed by atoms with van der Waals surface area (Å²) in [5.74, 6) is 0.395. The Balaban J connectivity index is 1.47. The van der Waals surface area contributed by atoms with Gasteiger partial charge in [-0.2, -0.15) is 0 Å². The van der Waals surface area contributed by atoms with Crippen molar-refractivity contribution in [3.63, 3.8) is 0 Å². The summed E-state index contributed by atoms with van der Waals surface area (Å²) in [4.78, 5) is 0. The molecule has 104 valence electrons. The van der Waals surface area contributed by atoms with Gasteiger partial charge < -0.3 is 10.1 Å². The number of ether oxygens (including phenoxy) is 1. The van der Waals surface area contributed by atoms with Gasteiger partial charge in [0.25, 0.3) is 0 Å². The van der Waals surface area contributed by atoms with E-state index < -0.39 is 0 Å². The molecule has 1 N–H and O–H groups in total. The fourth-order valence-electron chi connectivity index (χ4n) is 3.26. The van der Waals surface area contributed by atoms with Crippen molar-refractivity contribution >= 4 is 0 Å². The van der Waals surface area contributed by atoms with Crippen molar-refractivity contribution in [2.24, 2.45) is 0 Å². The van der Waals surface area contributed by atoms with E-state index in [0.717, 1.165) is 25.0 Å². The third kappa shape index (κ3) is 2.98. The molecule has 0 bridgehead atoms. The van der Waals surface area contributed by atoms with Gasteiger partial charge in [-0.3, -0.25) is 0 Å². The fraction of sp³-hybridized carbons (Fsp3) is 0.625. The monoisotopic (exact) mass is 263 g/mol. The number of rotatable bonds is 4. The minimum Gasteiger partial charge on any atom is -0.377 e. The molecule has 0 aromatic heterocycles. The van der Waals surface area contributed by atoms with Crippen molar-refractivity contribution in [1.82, 2.24) is 5.32 Å². The molecular formula is C16H22FNO. The minimum absolute atomic E-state index is 0.123. The molecule has 1 saturated heterocycles. The van der Waals surface area contributed by atoms with Crippen molar-refractivity contribution in [3.05, 3.63) is 35.6 Å². The smallest absolute Gasteiger partial charge is 0.123 e. The van der Waals surface area contributed by atoms with Crippen LogP contribution in [0.3, 0.4) is 0 Å². The van der Waals surface area contributed by atoms with Crippen LogP contribution < -0.4 is 5.32 Å². The lowest BCUT2D eigenvalue weighted by Gasteiger charge is -2.39. The predicted octanol–water partition coefficient (Wildman–Crippen LogP) is 3.23. The maximum atomic E-state index is 13.2. The Morgan fingerprint density at radius 2 is 2.21 bits per heavy atom. The number of hydrogen-bond donors (Lipinski definition) is 1. The number of hydrogen-bond acceptors (Lipinski definition) is 2. The third-order valence-electron chi connectivity index (χ3n) is 4.48. The highest BCUT2D eigenvalue weighted by Gasteiger charge is 2.33. The first kappa shape index (κ1) is 13.1. The van der Waals surface area contributed by atoms with Crippen LogP contribution in [0.2, 0.25) is 0 Å². The summed E-state index contributed by atoms with van der Waals surface area (Å²) in [6, 6.07) is 8.02. The van der Waals surface area contributed by atoms with Crippen molar-refractivity contribution in [2.45, 2.75) is 56.7 Å². The van der Waals surface area contributed by atoms with Gasteiger partial charge in [-0.15, -0.1) is 0 Å². The van der Waals surface area contributed by atoms with Crippen LogP contribution in [-0.4, -0.2) is 24.8 Å². The molecule has 1 aliphatic carbocycles. The second kappa shape index (κ2) is 5.59. The highest BCUT2D eigenvalue weighted by molar-refractivity contribution is 5.23. The summed E-state index contributed by atoms with van der Waals surface area (Å²) in [5.41, 5.74) is 1.14. The average molecular weight is 263 g/mol. The molecule has 2 fully saturated rings. The standard InChI is InChI=1S/C16H22FNO/c1-11(16-6-3-7-19-16)18-15-9-13(10-15)12-4-2-5-14(17)8-12/h2,4-5,8,11,13,15-16,18H,3,6-7,9-10H2,1H3. The number of halogens is 1. The van der Waals surface area contributed by atoms with Crippen molar-refractivity contribution in [1.29, 1.82) is 0 Å². The zero-order chi connectivity index (χ0) is 13.2.